The molecule has 2 atom stereocenters. The first-order valence-electron chi connectivity index (χ1n) is 16.1. The van der Waals surface area contributed by atoms with Crippen LogP contribution in [-0.4, -0.2) is 48.4 Å². The summed E-state index contributed by atoms with van der Waals surface area (Å²) < 4.78 is 27.0. The minimum absolute atomic E-state index is 0.0452. The fraction of sp³-hybridized carbons (Fsp3) is 0.618. The third-order valence-electron chi connectivity index (χ3n) is 7.55. The number of benzene rings is 1. The number of unbranched alkanes of at least 4 members (excludes halogenated alkanes) is 11. The van der Waals surface area contributed by atoms with E-state index in [-0.39, 0.29) is 18.3 Å². The van der Waals surface area contributed by atoms with Gasteiger partial charge in [-0.2, -0.15) is 0 Å². The Morgan fingerprint density at radius 1 is 0.860 bits per heavy atom. The Balaban J connectivity index is 1.27. The molecule has 1 aromatic heterocycles. The van der Waals surface area contributed by atoms with E-state index in [1.54, 1.807) is 6.07 Å². The van der Waals surface area contributed by atoms with Gasteiger partial charge in [0.1, 0.15) is 12.6 Å². The summed E-state index contributed by atoms with van der Waals surface area (Å²) in [6.07, 6.45) is 14.4. The number of furan rings is 1. The maximum atomic E-state index is 12.7. The third kappa shape index (κ3) is 12.7. The summed E-state index contributed by atoms with van der Waals surface area (Å²) in [7, 11) is 0. The molecule has 238 valence electrons. The lowest BCUT2D eigenvalue weighted by atomic mass is 10.1. The highest BCUT2D eigenvalue weighted by atomic mass is 16.7. The minimum Gasteiger partial charge on any atom is -0.465 e. The van der Waals surface area contributed by atoms with Crippen LogP contribution in [0, 0.1) is 0 Å². The first kappa shape index (κ1) is 34.0. The number of likely N-dealkylation sites (tertiary alicyclic amines) is 1. The molecule has 1 saturated heterocycles. The van der Waals surface area contributed by atoms with Gasteiger partial charge in [-0.25, -0.2) is 14.4 Å². The molecule has 0 saturated carbocycles. The van der Waals surface area contributed by atoms with Gasteiger partial charge in [-0.05, 0) is 30.9 Å². The number of carbonyl (C=O) groups is 3. The summed E-state index contributed by atoms with van der Waals surface area (Å²) in [5, 5.41) is 0. The molecule has 2 unspecified atom stereocenters. The van der Waals surface area contributed by atoms with E-state index in [2.05, 4.69) is 6.92 Å². The zero-order chi connectivity index (χ0) is 30.7. The van der Waals surface area contributed by atoms with Crippen LogP contribution in [0.3, 0.4) is 0 Å². The van der Waals surface area contributed by atoms with Crippen LogP contribution in [0.2, 0.25) is 0 Å². The highest BCUT2D eigenvalue weighted by Crippen LogP contribution is 2.22. The third-order valence-corrected chi connectivity index (χ3v) is 7.55. The highest BCUT2D eigenvalue weighted by molar-refractivity contribution is 5.86. The molecule has 0 N–H and O–H groups in total. The second-order valence-electron chi connectivity index (χ2n) is 11.2. The molecule has 1 aromatic carbocycles. The molecule has 3 rings (SSSR count). The van der Waals surface area contributed by atoms with Gasteiger partial charge >= 0.3 is 18.0 Å². The molecule has 9 nitrogen and oxygen atoms in total. The van der Waals surface area contributed by atoms with Crippen molar-refractivity contribution in [3.05, 3.63) is 53.8 Å². The van der Waals surface area contributed by atoms with Gasteiger partial charge in [-0.3, -0.25) is 4.90 Å². The van der Waals surface area contributed by atoms with Crippen molar-refractivity contribution in [1.29, 1.82) is 0 Å². The molecular formula is C34H49NO8. The number of hydrogen-bond donors (Lipinski definition) is 0. The lowest BCUT2D eigenvalue weighted by molar-refractivity contribution is -0.150. The second-order valence-corrected chi connectivity index (χ2v) is 11.2. The summed E-state index contributed by atoms with van der Waals surface area (Å²) >= 11 is 0. The quantitative estimate of drug-likeness (QED) is 0.0852. The van der Waals surface area contributed by atoms with E-state index in [4.69, 9.17) is 23.4 Å². The Bertz CT molecular complexity index is 1090. The molecule has 0 spiro atoms. The monoisotopic (exact) mass is 599 g/mol. The van der Waals surface area contributed by atoms with Crippen molar-refractivity contribution in [2.24, 2.45) is 0 Å². The SMILES string of the molecule is CCCCCCCCCCCCCCOc1ccc(C(=O)OC(C)OC(=O)N2CCCC2C(=O)OCc2ccccc2)o1. The number of hydrogen-bond acceptors (Lipinski definition) is 8. The van der Waals surface area contributed by atoms with E-state index in [9.17, 15) is 14.4 Å². The molecule has 1 aliphatic heterocycles. The number of esters is 2. The highest BCUT2D eigenvalue weighted by Gasteiger charge is 2.37. The smallest absolute Gasteiger partial charge is 0.413 e. The van der Waals surface area contributed by atoms with Gasteiger partial charge < -0.3 is 23.4 Å². The maximum absolute atomic E-state index is 12.7. The molecule has 2 heterocycles. The van der Waals surface area contributed by atoms with Crippen molar-refractivity contribution >= 4 is 18.0 Å². The molecule has 2 aromatic rings. The van der Waals surface area contributed by atoms with Crippen molar-refractivity contribution in [1.82, 2.24) is 4.90 Å². The molecule has 0 aliphatic carbocycles. The molecule has 43 heavy (non-hydrogen) atoms. The zero-order valence-corrected chi connectivity index (χ0v) is 25.9. The number of ether oxygens (including phenoxy) is 4. The van der Waals surface area contributed by atoms with Crippen LogP contribution in [-0.2, 0) is 25.6 Å². The second kappa shape index (κ2) is 19.7. The van der Waals surface area contributed by atoms with E-state index < -0.39 is 30.4 Å². The van der Waals surface area contributed by atoms with Crippen LogP contribution in [0.4, 0.5) is 4.79 Å². The number of carbonyl (C=O) groups excluding carboxylic acids is 3. The van der Waals surface area contributed by atoms with Gasteiger partial charge in [0.05, 0.1) is 6.61 Å². The van der Waals surface area contributed by atoms with Crippen LogP contribution < -0.4 is 4.74 Å². The van der Waals surface area contributed by atoms with E-state index >= 15 is 0 Å². The Labute approximate surface area is 256 Å². The van der Waals surface area contributed by atoms with Crippen molar-refractivity contribution in [3.8, 4) is 5.95 Å². The average Bonchev–Trinajstić information content (AvgIpc) is 3.69. The van der Waals surface area contributed by atoms with Crippen LogP contribution in [0.1, 0.15) is 120 Å². The van der Waals surface area contributed by atoms with Crippen molar-refractivity contribution in [2.75, 3.05) is 13.2 Å². The van der Waals surface area contributed by atoms with Crippen molar-refractivity contribution in [3.63, 3.8) is 0 Å². The minimum atomic E-state index is -1.18. The van der Waals surface area contributed by atoms with Crippen LogP contribution in [0.15, 0.2) is 46.9 Å². The Kier molecular flexibility index (Phi) is 15.5. The fourth-order valence-corrected chi connectivity index (χ4v) is 5.12. The molecule has 9 heteroatoms. The zero-order valence-electron chi connectivity index (χ0n) is 25.9. The Morgan fingerprint density at radius 2 is 1.51 bits per heavy atom. The number of nitrogens with zero attached hydrogens (tertiary/aromatic N) is 1. The number of amides is 1. The molecule has 1 fully saturated rings. The first-order chi connectivity index (χ1) is 21.0. The largest absolute Gasteiger partial charge is 0.465 e. The van der Waals surface area contributed by atoms with Crippen LogP contribution >= 0.6 is 0 Å². The summed E-state index contributed by atoms with van der Waals surface area (Å²) in [6.45, 7) is 4.67. The predicted octanol–water partition coefficient (Wildman–Crippen LogP) is 8.21. The van der Waals surface area contributed by atoms with Gasteiger partial charge in [0.2, 0.25) is 12.1 Å². The predicted molar refractivity (Wildman–Crippen MR) is 163 cm³/mol. The number of rotatable bonds is 20. The molecular weight excluding hydrogens is 550 g/mol. The maximum Gasteiger partial charge on any atom is 0.413 e. The van der Waals surface area contributed by atoms with Crippen LogP contribution in [0.5, 0.6) is 5.95 Å². The van der Waals surface area contributed by atoms with E-state index in [0.29, 0.717) is 26.0 Å². The van der Waals surface area contributed by atoms with E-state index in [0.717, 1.165) is 18.4 Å². The van der Waals surface area contributed by atoms with Crippen LogP contribution in [0.25, 0.3) is 0 Å². The van der Waals surface area contributed by atoms with Crippen molar-refractivity contribution < 1.29 is 37.7 Å². The molecule has 1 aliphatic rings. The molecule has 1 amide bonds. The van der Waals surface area contributed by atoms with Gasteiger partial charge in [0.15, 0.2) is 0 Å². The molecule has 0 bridgehead atoms. The summed E-state index contributed by atoms with van der Waals surface area (Å²) in [6, 6.07) is 11.6. The van der Waals surface area contributed by atoms with Gasteiger partial charge in [0.25, 0.3) is 5.95 Å². The van der Waals surface area contributed by atoms with E-state index in [1.165, 1.54) is 82.1 Å². The van der Waals surface area contributed by atoms with Gasteiger partial charge in [-0.1, -0.05) is 108 Å². The summed E-state index contributed by atoms with van der Waals surface area (Å²) in [5.74, 6) is -1.07. The van der Waals surface area contributed by atoms with Crippen molar-refractivity contribution in [2.45, 2.75) is 123 Å². The Hall–Kier alpha value is -3.49. The lowest BCUT2D eigenvalue weighted by Gasteiger charge is -2.24. The lowest BCUT2D eigenvalue weighted by Crippen LogP contribution is -2.43. The molecule has 0 radical (unpaired) electrons. The van der Waals surface area contributed by atoms with Gasteiger partial charge in [-0.15, -0.1) is 0 Å². The fourth-order valence-electron chi connectivity index (χ4n) is 5.12. The topological polar surface area (TPSA) is 105 Å². The van der Waals surface area contributed by atoms with Gasteiger partial charge in [0, 0.05) is 19.5 Å². The average molecular weight is 600 g/mol. The van der Waals surface area contributed by atoms with E-state index in [1.807, 2.05) is 30.3 Å². The normalized spacial score (nSPS) is 15.2. The standard InChI is InChI=1S/C34H49NO8/c1-3-4-5-6-7-8-9-10-11-12-13-17-25-39-31-23-22-30(43-31)33(37)41-27(2)42-34(38)35-24-18-21-29(35)32(36)40-26-28-19-15-14-16-20-28/h14-16,19-20,22-23,27,29H,3-13,17-18,21,24-26H2,1-2H3. The summed E-state index contributed by atoms with van der Waals surface area (Å²) in [5.41, 5.74) is 0.860. The summed E-state index contributed by atoms with van der Waals surface area (Å²) in [4.78, 5) is 39.2. The Morgan fingerprint density at radius 3 is 2.19 bits per heavy atom. The first-order valence-corrected chi connectivity index (χ1v) is 16.1.